The lowest BCUT2D eigenvalue weighted by Gasteiger charge is -2.27. The third kappa shape index (κ3) is 4.06. The van der Waals surface area contributed by atoms with Crippen molar-refractivity contribution in [1.82, 2.24) is 9.97 Å². The maximum absolute atomic E-state index is 4.67. The molecule has 4 heteroatoms. The molecule has 0 spiro atoms. The van der Waals surface area contributed by atoms with E-state index in [-0.39, 0.29) is 5.54 Å². The van der Waals surface area contributed by atoms with Gasteiger partial charge in [-0.25, -0.2) is 4.98 Å². The van der Waals surface area contributed by atoms with Crippen molar-refractivity contribution in [2.75, 3.05) is 17.2 Å². The van der Waals surface area contributed by atoms with Crippen molar-refractivity contribution in [1.29, 1.82) is 0 Å². The van der Waals surface area contributed by atoms with Crippen molar-refractivity contribution in [3.8, 4) is 0 Å². The molecule has 4 nitrogen and oxygen atoms in total. The Labute approximate surface area is 127 Å². The Kier molecular flexibility index (Phi) is 4.99. The van der Waals surface area contributed by atoms with Crippen molar-refractivity contribution in [2.45, 2.75) is 52.5 Å². The average molecular weight is 286 g/mol. The van der Waals surface area contributed by atoms with E-state index in [0.29, 0.717) is 5.95 Å². The van der Waals surface area contributed by atoms with Crippen molar-refractivity contribution in [2.24, 2.45) is 0 Å². The van der Waals surface area contributed by atoms with Crippen LogP contribution in [0.25, 0.3) is 10.9 Å². The molecule has 0 radical (unpaired) electrons. The van der Waals surface area contributed by atoms with E-state index in [1.165, 1.54) is 0 Å². The van der Waals surface area contributed by atoms with Gasteiger partial charge in [0.15, 0.2) is 0 Å². The summed E-state index contributed by atoms with van der Waals surface area (Å²) in [6.45, 7) is 9.66. The van der Waals surface area contributed by atoms with Crippen molar-refractivity contribution >= 4 is 22.7 Å². The highest BCUT2D eigenvalue weighted by molar-refractivity contribution is 5.90. The van der Waals surface area contributed by atoms with Crippen molar-refractivity contribution < 1.29 is 0 Å². The number of hydrogen-bond acceptors (Lipinski definition) is 4. The Hall–Kier alpha value is -1.84. The molecule has 0 saturated carbocycles. The number of aromatic nitrogens is 2. The number of hydrogen-bond donors (Lipinski definition) is 2. The first-order chi connectivity index (χ1) is 10.1. The lowest BCUT2D eigenvalue weighted by atomic mass is 9.99. The molecule has 2 rings (SSSR count). The highest BCUT2D eigenvalue weighted by Crippen LogP contribution is 2.26. The predicted octanol–water partition coefficient (Wildman–Crippen LogP) is 4.44. The van der Waals surface area contributed by atoms with Crippen LogP contribution in [0.3, 0.4) is 0 Å². The summed E-state index contributed by atoms with van der Waals surface area (Å²) >= 11 is 0. The zero-order chi connectivity index (χ0) is 15.3. The van der Waals surface area contributed by atoms with Crippen LogP contribution < -0.4 is 10.6 Å². The molecule has 0 unspecified atom stereocenters. The second-order valence-electron chi connectivity index (χ2n) is 6.10. The third-order valence-electron chi connectivity index (χ3n) is 3.47. The van der Waals surface area contributed by atoms with E-state index >= 15 is 0 Å². The highest BCUT2D eigenvalue weighted by Gasteiger charge is 2.18. The Balaban J connectivity index is 2.39. The summed E-state index contributed by atoms with van der Waals surface area (Å²) in [5.74, 6) is 1.61. The van der Waals surface area contributed by atoms with Gasteiger partial charge in [-0.05, 0) is 38.8 Å². The molecule has 0 saturated heterocycles. The van der Waals surface area contributed by atoms with Gasteiger partial charge in [-0.15, -0.1) is 0 Å². The van der Waals surface area contributed by atoms with Gasteiger partial charge < -0.3 is 10.6 Å². The maximum atomic E-state index is 4.67. The first-order valence-electron chi connectivity index (χ1n) is 7.84. The standard InChI is InChI=1S/C17H26N4/c1-5-11-17(3,4)21-15-13-9-7-8-10-14(13)19-16(20-15)18-12-6-2/h7-10H,5-6,11-12H2,1-4H3,(H2,18,19,20,21). The molecular formula is C17H26N4. The number of rotatable bonds is 7. The zero-order valence-electron chi connectivity index (χ0n) is 13.5. The molecular weight excluding hydrogens is 260 g/mol. The van der Waals surface area contributed by atoms with Crippen molar-refractivity contribution in [3.63, 3.8) is 0 Å². The monoisotopic (exact) mass is 286 g/mol. The zero-order valence-corrected chi connectivity index (χ0v) is 13.5. The SMILES string of the molecule is CCCNc1nc(NC(C)(C)CCC)c2ccccc2n1. The molecule has 2 aromatic rings. The minimum Gasteiger partial charge on any atom is -0.365 e. The third-order valence-corrected chi connectivity index (χ3v) is 3.47. The van der Waals surface area contributed by atoms with Gasteiger partial charge >= 0.3 is 0 Å². The lowest BCUT2D eigenvalue weighted by Crippen LogP contribution is -2.31. The van der Waals surface area contributed by atoms with Crippen LogP contribution in [-0.4, -0.2) is 22.1 Å². The lowest BCUT2D eigenvalue weighted by molar-refractivity contribution is 0.509. The molecule has 21 heavy (non-hydrogen) atoms. The van der Waals surface area contributed by atoms with E-state index in [1.807, 2.05) is 18.2 Å². The fourth-order valence-corrected chi connectivity index (χ4v) is 2.50. The second kappa shape index (κ2) is 6.74. The molecule has 0 bridgehead atoms. The van der Waals surface area contributed by atoms with Crippen LogP contribution in [0.15, 0.2) is 24.3 Å². The van der Waals surface area contributed by atoms with Gasteiger partial charge in [0.2, 0.25) is 5.95 Å². The molecule has 2 N–H and O–H groups in total. The Bertz CT molecular complexity index is 592. The summed E-state index contributed by atoms with van der Waals surface area (Å²) < 4.78 is 0. The summed E-state index contributed by atoms with van der Waals surface area (Å²) in [6, 6.07) is 8.15. The van der Waals surface area contributed by atoms with Crippen LogP contribution in [-0.2, 0) is 0 Å². The summed E-state index contributed by atoms with van der Waals surface area (Å²) in [4.78, 5) is 9.26. The number of anilines is 2. The summed E-state index contributed by atoms with van der Waals surface area (Å²) in [7, 11) is 0. The van der Waals surface area contributed by atoms with Crippen LogP contribution >= 0.6 is 0 Å². The van der Waals surface area contributed by atoms with Gasteiger partial charge in [-0.2, -0.15) is 4.98 Å². The number of nitrogens with zero attached hydrogens (tertiary/aromatic N) is 2. The number of nitrogens with one attached hydrogen (secondary N) is 2. The molecule has 1 heterocycles. The van der Waals surface area contributed by atoms with Gasteiger partial charge in [0.25, 0.3) is 0 Å². The Morgan fingerprint density at radius 3 is 2.52 bits per heavy atom. The smallest absolute Gasteiger partial charge is 0.225 e. The fourth-order valence-electron chi connectivity index (χ4n) is 2.50. The van der Waals surface area contributed by atoms with Crippen LogP contribution in [0.5, 0.6) is 0 Å². The molecule has 0 aliphatic rings. The second-order valence-corrected chi connectivity index (χ2v) is 6.10. The van der Waals surface area contributed by atoms with E-state index in [1.54, 1.807) is 0 Å². The van der Waals surface area contributed by atoms with Gasteiger partial charge in [0.05, 0.1) is 5.52 Å². The summed E-state index contributed by atoms with van der Waals surface area (Å²) in [6.07, 6.45) is 3.30. The number of benzene rings is 1. The van der Waals surface area contributed by atoms with Gasteiger partial charge in [-0.1, -0.05) is 32.4 Å². The minimum atomic E-state index is 0.0217. The molecule has 114 valence electrons. The first-order valence-corrected chi connectivity index (χ1v) is 7.84. The molecule has 0 atom stereocenters. The molecule has 0 aliphatic carbocycles. The van der Waals surface area contributed by atoms with Crippen LogP contribution in [0.4, 0.5) is 11.8 Å². The Morgan fingerprint density at radius 1 is 1.05 bits per heavy atom. The minimum absolute atomic E-state index is 0.0217. The van der Waals surface area contributed by atoms with Gasteiger partial charge in [-0.3, -0.25) is 0 Å². The topological polar surface area (TPSA) is 49.8 Å². The van der Waals surface area contributed by atoms with Crippen LogP contribution in [0.1, 0.15) is 47.0 Å². The van der Waals surface area contributed by atoms with Gasteiger partial charge in [0.1, 0.15) is 5.82 Å². The van der Waals surface area contributed by atoms with Crippen LogP contribution in [0, 0.1) is 0 Å². The van der Waals surface area contributed by atoms with Crippen LogP contribution in [0.2, 0.25) is 0 Å². The average Bonchev–Trinajstić information content (AvgIpc) is 2.44. The van der Waals surface area contributed by atoms with E-state index in [0.717, 1.165) is 42.5 Å². The molecule has 0 fully saturated rings. The van der Waals surface area contributed by atoms with E-state index < -0.39 is 0 Å². The largest absolute Gasteiger partial charge is 0.365 e. The quantitative estimate of drug-likeness (QED) is 0.790. The van der Waals surface area contributed by atoms with Gasteiger partial charge in [0, 0.05) is 17.5 Å². The highest BCUT2D eigenvalue weighted by atomic mass is 15.2. The first kappa shape index (κ1) is 15.5. The molecule has 1 aromatic carbocycles. The molecule has 0 aliphatic heterocycles. The molecule has 1 aromatic heterocycles. The van der Waals surface area contributed by atoms with E-state index in [9.17, 15) is 0 Å². The number of fused-ring (bicyclic) bond motifs is 1. The van der Waals surface area contributed by atoms with E-state index in [4.69, 9.17) is 0 Å². The predicted molar refractivity (Wildman–Crippen MR) is 90.9 cm³/mol. The van der Waals surface area contributed by atoms with Crippen molar-refractivity contribution in [3.05, 3.63) is 24.3 Å². The molecule has 0 amide bonds. The van der Waals surface area contributed by atoms with E-state index in [2.05, 4.69) is 54.4 Å². The Morgan fingerprint density at radius 2 is 1.81 bits per heavy atom. The summed E-state index contributed by atoms with van der Waals surface area (Å²) in [5.41, 5.74) is 0.995. The maximum Gasteiger partial charge on any atom is 0.225 e. The fraction of sp³-hybridized carbons (Fsp3) is 0.529. The normalized spacial score (nSPS) is 11.6. The summed E-state index contributed by atoms with van der Waals surface area (Å²) in [5, 5.41) is 7.94. The number of para-hydroxylation sites is 1.